The molecule has 0 aliphatic rings. The minimum Gasteiger partial charge on any atom is -0.302 e. The lowest BCUT2D eigenvalue weighted by atomic mass is 9.98. The highest BCUT2D eigenvalue weighted by Gasteiger charge is 2.12. The van der Waals surface area contributed by atoms with E-state index >= 15 is 0 Å². The molecule has 1 aromatic rings. The van der Waals surface area contributed by atoms with Crippen LogP contribution in [0.2, 0.25) is 0 Å². The molecule has 158 valence electrons. The van der Waals surface area contributed by atoms with E-state index in [4.69, 9.17) is 0 Å². The number of nitrogens with zero attached hydrogens (tertiary/aromatic N) is 1. The van der Waals surface area contributed by atoms with Crippen molar-refractivity contribution in [1.82, 2.24) is 4.90 Å². The second kappa shape index (κ2) is 19.0. The van der Waals surface area contributed by atoms with Gasteiger partial charge in [-0.1, -0.05) is 127 Å². The lowest BCUT2D eigenvalue weighted by molar-refractivity contribution is 0.276. The molecule has 0 amide bonds. The van der Waals surface area contributed by atoms with E-state index in [2.05, 4.69) is 56.3 Å². The number of rotatable bonds is 17. The van der Waals surface area contributed by atoms with Crippen LogP contribution in [0.15, 0.2) is 30.3 Å². The monoisotopic (exact) mass is 439 g/mol. The summed E-state index contributed by atoms with van der Waals surface area (Å²) in [4.78, 5) is 2.37. The molecule has 0 radical (unpaired) electrons. The third-order valence-corrected chi connectivity index (χ3v) is 5.64. The predicted octanol–water partition coefficient (Wildman–Crippen LogP) is 8.74. The molecule has 0 bridgehead atoms. The van der Waals surface area contributed by atoms with Gasteiger partial charge in [-0.15, -0.1) is 17.0 Å². The van der Waals surface area contributed by atoms with Crippen LogP contribution in [-0.2, 0) is 0 Å². The Hall–Kier alpha value is -0.340. The Bertz CT molecular complexity index is 404. The molecular weight excluding hydrogens is 394 g/mol. The molecule has 1 unspecified atom stereocenters. The van der Waals surface area contributed by atoms with Crippen molar-refractivity contribution < 1.29 is 0 Å². The molecule has 1 atom stereocenters. The highest BCUT2D eigenvalue weighted by molar-refractivity contribution is 8.93. The van der Waals surface area contributed by atoms with Crippen molar-refractivity contribution >= 4 is 17.0 Å². The maximum atomic E-state index is 2.37. The first-order valence-electron chi connectivity index (χ1n) is 11.5. The summed E-state index contributed by atoms with van der Waals surface area (Å²) in [6.45, 7) is 2.30. The van der Waals surface area contributed by atoms with Gasteiger partial charge < -0.3 is 4.90 Å². The summed E-state index contributed by atoms with van der Waals surface area (Å²) in [6.07, 6.45) is 21.4. The molecule has 27 heavy (non-hydrogen) atoms. The van der Waals surface area contributed by atoms with Crippen LogP contribution in [0.3, 0.4) is 0 Å². The predicted molar refractivity (Wildman–Crippen MR) is 128 cm³/mol. The topological polar surface area (TPSA) is 3.24 Å². The average Bonchev–Trinajstić information content (AvgIpc) is 2.65. The van der Waals surface area contributed by atoms with E-state index in [-0.39, 0.29) is 17.0 Å². The Kier molecular flexibility index (Phi) is 18.8. The lowest BCUT2D eigenvalue weighted by Crippen LogP contribution is -2.19. The molecule has 0 heterocycles. The van der Waals surface area contributed by atoms with E-state index in [0.29, 0.717) is 6.04 Å². The van der Waals surface area contributed by atoms with E-state index in [1.54, 1.807) is 0 Å². The van der Waals surface area contributed by atoms with Crippen LogP contribution in [0.4, 0.5) is 0 Å². The summed E-state index contributed by atoms with van der Waals surface area (Å²) in [6, 6.07) is 11.6. The summed E-state index contributed by atoms with van der Waals surface area (Å²) in [5.74, 6) is 0. The van der Waals surface area contributed by atoms with Crippen molar-refractivity contribution in [1.29, 1.82) is 0 Å². The third-order valence-electron chi connectivity index (χ3n) is 5.64. The number of unbranched alkanes of at least 4 members (excludes halogenated alkanes) is 13. The van der Waals surface area contributed by atoms with Gasteiger partial charge in [0.1, 0.15) is 0 Å². The van der Waals surface area contributed by atoms with Crippen LogP contribution in [-0.4, -0.2) is 19.0 Å². The zero-order chi connectivity index (χ0) is 18.9. The van der Waals surface area contributed by atoms with Crippen LogP contribution in [0.1, 0.15) is 115 Å². The smallest absolute Gasteiger partial charge is 0.0342 e. The molecule has 0 saturated heterocycles. The van der Waals surface area contributed by atoms with Crippen LogP contribution in [0, 0.1) is 0 Å². The number of benzene rings is 1. The van der Waals surface area contributed by atoms with E-state index < -0.39 is 0 Å². The number of halogens is 1. The molecule has 0 aliphatic heterocycles. The zero-order valence-corrected chi connectivity index (χ0v) is 20.1. The van der Waals surface area contributed by atoms with E-state index in [1.807, 2.05) is 0 Å². The molecular formula is C25H46BrN. The fourth-order valence-corrected chi connectivity index (χ4v) is 3.93. The largest absolute Gasteiger partial charge is 0.302 e. The number of hydrogen-bond acceptors (Lipinski definition) is 1. The normalized spacial score (nSPS) is 12.1. The van der Waals surface area contributed by atoms with Crippen LogP contribution < -0.4 is 0 Å². The molecule has 1 rings (SSSR count). The first-order valence-corrected chi connectivity index (χ1v) is 11.5. The summed E-state index contributed by atoms with van der Waals surface area (Å²) in [5, 5.41) is 0. The molecule has 0 aromatic heterocycles. The maximum Gasteiger partial charge on any atom is 0.0342 e. The summed E-state index contributed by atoms with van der Waals surface area (Å²) >= 11 is 0. The Balaban J connectivity index is 0.00000676. The van der Waals surface area contributed by atoms with Gasteiger partial charge in [0.05, 0.1) is 0 Å². The molecule has 1 aromatic carbocycles. The first-order chi connectivity index (χ1) is 12.8. The van der Waals surface area contributed by atoms with Crippen molar-refractivity contribution in [3.05, 3.63) is 35.9 Å². The van der Waals surface area contributed by atoms with Crippen molar-refractivity contribution in [3.63, 3.8) is 0 Å². The van der Waals surface area contributed by atoms with Crippen molar-refractivity contribution in [2.75, 3.05) is 14.1 Å². The van der Waals surface area contributed by atoms with E-state index in [9.17, 15) is 0 Å². The molecule has 2 heteroatoms. The van der Waals surface area contributed by atoms with Crippen molar-refractivity contribution in [3.8, 4) is 0 Å². The van der Waals surface area contributed by atoms with Gasteiger partial charge in [0, 0.05) is 6.04 Å². The van der Waals surface area contributed by atoms with Crippen molar-refractivity contribution in [2.24, 2.45) is 0 Å². The van der Waals surface area contributed by atoms with Crippen LogP contribution >= 0.6 is 17.0 Å². The second-order valence-corrected chi connectivity index (χ2v) is 8.27. The Labute approximate surface area is 181 Å². The fourth-order valence-electron chi connectivity index (χ4n) is 3.93. The summed E-state index contributed by atoms with van der Waals surface area (Å²) in [5.41, 5.74) is 1.46. The van der Waals surface area contributed by atoms with Gasteiger partial charge in [-0.3, -0.25) is 0 Å². The van der Waals surface area contributed by atoms with Gasteiger partial charge in [-0.2, -0.15) is 0 Å². The Morgan fingerprint density at radius 3 is 1.44 bits per heavy atom. The van der Waals surface area contributed by atoms with Gasteiger partial charge in [-0.25, -0.2) is 0 Å². The first kappa shape index (κ1) is 26.7. The molecule has 0 N–H and O–H groups in total. The van der Waals surface area contributed by atoms with Crippen molar-refractivity contribution in [2.45, 2.75) is 109 Å². The SMILES string of the molecule is Br.CCCCCCCCCCCCCCCCC(c1ccccc1)N(C)C. The summed E-state index contributed by atoms with van der Waals surface area (Å²) < 4.78 is 0. The van der Waals surface area contributed by atoms with Gasteiger partial charge in [-0.05, 0) is 26.1 Å². The minimum absolute atomic E-state index is 0. The Morgan fingerprint density at radius 1 is 0.630 bits per heavy atom. The van der Waals surface area contributed by atoms with Gasteiger partial charge in [0.2, 0.25) is 0 Å². The summed E-state index contributed by atoms with van der Waals surface area (Å²) in [7, 11) is 4.42. The zero-order valence-electron chi connectivity index (χ0n) is 18.4. The van der Waals surface area contributed by atoms with E-state index in [0.717, 1.165) is 0 Å². The Morgan fingerprint density at radius 2 is 1.04 bits per heavy atom. The van der Waals surface area contributed by atoms with Gasteiger partial charge in [0.15, 0.2) is 0 Å². The van der Waals surface area contributed by atoms with Crippen LogP contribution in [0.25, 0.3) is 0 Å². The second-order valence-electron chi connectivity index (χ2n) is 8.27. The number of hydrogen-bond donors (Lipinski definition) is 0. The average molecular weight is 441 g/mol. The van der Waals surface area contributed by atoms with Crippen LogP contribution in [0.5, 0.6) is 0 Å². The highest BCUT2D eigenvalue weighted by Crippen LogP contribution is 2.24. The molecule has 0 fully saturated rings. The lowest BCUT2D eigenvalue weighted by Gasteiger charge is -2.24. The quantitative estimate of drug-likeness (QED) is 0.219. The highest BCUT2D eigenvalue weighted by atomic mass is 79.9. The molecule has 0 aliphatic carbocycles. The fraction of sp³-hybridized carbons (Fsp3) is 0.760. The molecule has 0 spiro atoms. The molecule has 1 nitrogen and oxygen atoms in total. The van der Waals surface area contributed by atoms with Gasteiger partial charge in [0.25, 0.3) is 0 Å². The third kappa shape index (κ3) is 14.3. The van der Waals surface area contributed by atoms with Gasteiger partial charge >= 0.3 is 0 Å². The van der Waals surface area contributed by atoms with E-state index in [1.165, 1.54) is 102 Å². The standard InChI is InChI=1S/C25H45N.BrH/c1-4-5-6-7-8-9-10-11-12-13-14-15-16-20-23-25(26(2)3)24-21-18-17-19-22-24;/h17-19,21-22,25H,4-16,20,23H2,1-3H3;1H. The minimum atomic E-state index is 0. The molecule has 0 saturated carbocycles. The maximum absolute atomic E-state index is 2.37.